The average Bonchev–Trinajstić information content (AvgIpc) is 2.02. The fraction of sp³-hybridized carbons (Fsp3) is 0.778. The normalized spacial score (nSPS) is 10.7. The summed E-state index contributed by atoms with van der Waals surface area (Å²) in [5, 5.41) is 22.9. The molecule has 0 aliphatic rings. The lowest BCUT2D eigenvalue weighted by molar-refractivity contribution is -0.120. The van der Waals surface area contributed by atoms with Crippen molar-refractivity contribution >= 4 is 5.91 Å². The summed E-state index contributed by atoms with van der Waals surface area (Å²) in [4.78, 5) is 11.0. The molecule has 0 saturated carbocycles. The Kier molecular flexibility index (Phi) is 5.84. The molecule has 0 aliphatic carbocycles. The maximum atomic E-state index is 11.0. The number of hydrogen-bond donors (Lipinski definition) is 3. The van der Waals surface area contributed by atoms with Crippen molar-refractivity contribution in [3.05, 3.63) is 0 Å². The van der Waals surface area contributed by atoms with Crippen LogP contribution < -0.4 is 10.6 Å². The lowest BCUT2D eigenvalue weighted by Crippen LogP contribution is -2.41. The van der Waals surface area contributed by atoms with E-state index in [9.17, 15) is 9.90 Å². The van der Waals surface area contributed by atoms with Crippen molar-refractivity contribution in [1.29, 1.82) is 5.26 Å². The SMILES string of the molecule is CC(C)(O)CNCC(=O)NCCC#N. The molecule has 0 aromatic rings. The Bertz CT molecular complexity index is 215. The predicted octanol–water partition coefficient (Wildman–Crippen LogP) is -0.623. The topological polar surface area (TPSA) is 85.2 Å². The van der Waals surface area contributed by atoms with Gasteiger partial charge in [0.05, 0.1) is 24.6 Å². The summed E-state index contributed by atoms with van der Waals surface area (Å²) in [6.45, 7) is 4.22. The van der Waals surface area contributed by atoms with E-state index in [0.29, 0.717) is 19.5 Å². The zero-order valence-corrected chi connectivity index (χ0v) is 8.63. The molecule has 80 valence electrons. The highest BCUT2D eigenvalue weighted by molar-refractivity contribution is 5.77. The van der Waals surface area contributed by atoms with Crippen molar-refractivity contribution < 1.29 is 9.90 Å². The minimum absolute atomic E-state index is 0.162. The van der Waals surface area contributed by atoms with Crippen molar-refractivity contribution in [2.45, 2.75) is 25.9 Å². The number of carbonyl (C=O) groups is 1. The van der Waals surface area contributed by atoms with E-state index >= 15 is 0 Å². The quantitative estimate of drug-likeness (QED) is 0.497. The Morgan fingerprint density at radius 1 is 1.57 bits per heavy atom. The van der Waals surface area contributed by atoms with E-state index in [1.165, 1.54) is 0 Å². The van der Waals surface area contributed by atoms with E-state index in [1.807, 2.05) is 6.07 Å². The van der Waals surface area contributed by atoms with E-state index in [0.717, 1.165) is 0 Å². The third kappa shape index (κ3) is 8.97. The summed E-state index contributed by atoms with van der Waals surface area (Å²) in [5.74, 6) is -0.162. The van der Waals surface area contributed by atoms with Gasteiger partial charge in [0.2, 0.25) is 5.91 Å². The number of carbonyl (C=O) groups excluding carboxylic acids is 1. The van der Waals surface area contributed by atoms with Gasteiger partial charge >= 0.3 is 0 Å². The molecular weight excluding hydrogens is 182 g/mol. The maximum Gasteiger partial charge on any atom is 0.233 e. The van der Waals surface area contributed by atoms with Crippen molar-refractivity contribution in [2.75, 3.05) is 19.6 Å². The van der Waals surface area contributed by atoms with Crippen LogP contribution in [-0.2, 0) is 4.79 Å². The molecule has 0 fully saturated rings. The van der Waals surface area contributed by atoms with Crippen molar-refractivity contribution in [3.8, 4) is 6.07 Å². The monoisotopic (exact) mass is 199 g/mol. The number of hydrogen-bond acceptors (Lipinski definition) is 4. The van der Waals surface area contributed by atoms with Crippen LogP contribution in [0.25, 0.3) is 0 Å². The van der Waals surface area contributed by atoms with Gasteiger partial charge in [0.25, 0.3) is 0 Å². The highest BCUT2D eigenvalue weighted by Gasteiger charge is 2.11. The zero-order valence-electron chi connectivity index (χ0n) is 8.63. The Balaban J connectivity index is 3.42. The number of nitrogens with one attached hydrogen (secondary N) is 2. The van der Waals surface area contributed by atoms with Crippen LogP contribution in [-0.4, -0.2) is 36.2 Å². The lowest BCUT2D eigenvalue weighted by atomic mass is 10.1. The number of nitrogens with zero attached hydrogens (tertiary/aromatic N) is 1. The summed E-state index contributed by atoms with van der Waals surface area (Å²) < 4.78 is 0. The molecule has 0 bridgehead atoms. The first-order chi connectivity index (χ1) is 6.45. The Morgan fingerprint density at radius 3 is 2.71 bits per heavy atom. The predicted molar refractivity (Wildman–Crippen MR) is 52.4 cm³/mol. The minimum Gasteiger partial charge on any atom is -0.389 e. The van der Waals surface area contributed by atoms with Crippen molar-refractivity contribution in [1.82, 2.24) is 10.6 Å². The van der Waals surface area contributed by atoms with Gasteiger partial charge in [-0.05, 0) is 13.8 Å². The molecule has 3 N–H and O–H groups in total. The van der Waals surface area contributed by atoms with Crippen LogP contribution in [0.5, 0.6) is 0 Å². The standard InChI is InChI=1S/C9H17N3O2/c1-9(2,14)7-11-6-8(13)12-5-3-4-10/h11,14H,3,5-7H2,1-2H3,(H,12,13). The second kappa shape index (κ2) is 6.35. The van der Waals surface area contributed by atoms with Gasteiger partial charge in [-0.15, -0.1) is 0 Å². The molecule has 0 spiro atoms. The van der Waals surface area contributed by atoms with Gasteiger partial charge in [-0.2, -0.15) is 5.26 Å². The van der Waals surface area contributed by atoms with Crippen LogP contribution in [0.4, 0.5) is 0 Å². The first kappa shape index (κ1) is 12.9. The molecular formula is C9H17N3O2. The number of nitriles is 1. The van der Waals surface area contributed by atoms with Gasteiger partial charge in [-0.1, -0.05) is 0 Å². The van der Waals surface area contributed by atoms with Crippen LogP contribution >= 0.6 is 0 Å². The number of rotatable bonds is 6. The molecule has 0 saturated heterocycles. The number of amides is 1. The Labute approximate surface area is 84.1 Å². The molecule has 0 radical (unpaired) electrons. The molecule has 5 nitrogen and oxygen atoms in total. The fourth-order valence-electron chi connectivity index (χ4n) is 0.802. The second-order valence-electron chi connectivity index (χ2n) is 3.67. The molecule has 0 unspecified atom stereocenters. The first-order valence-electron chi connectivity index (χ1n) is 4.52. The summed E-state index contributed by atoms with van der Waals surface area (Å²) in [5.41, 5.74) is -0.813. The van der Waals surface area contributed by atoms with Gasteiger partial charge in [0.1, 0.15) is 0 Å². The van der Waals surface area contributed by atoms with Crippen molar-refractivity contribution in [2.24, 2.45) is 0 Å². The molecule has 0 aromatic carbocycles. The highest BCUT2D eigenvalue weighted by atomic mass is 16.3. The number of aliphatic hydroxyl groups is 1. The van der Waals surface area contributed by atoms with Gasteiger partial charge in [-0.3, -0.25) is 4.79 Å². The molecule has 0 aromatic heterocycles. The van der Waals surface area contributed by atoms with E-state index in [-0.39, 0.29) is 12.5 Å². The van der Waals surface area contributed by atoms with Gasteiger partial charge < -0.3 is 15.7 Å². The third-order valence-electron chi connectivity index (χ3n) is 1.40. The molecule has 0 atom stereocenters. The molecule has 0 aliphatic heterocycles. The molecule has 0 heterocycles. The van der Waals surface area contributed by atoms with Crippen LogP contribution in [0, 0.1) is 11.3 Å². The molecule has 0 rings (SSSR count). The van der Waals surface area contributed by atoms with Crippen LogP contribution in [0.15, 0.2) is 0 Å². The molecule has 14 heavy (non-hydrogen) atoms. The minimum atomic E-state index is -0.813. The first-order valence-corrected chi connectivity index (χ1v) is 4.52. The van der Waals surface area contributed by atoms with Gasteiger partial charge in [0, 0.05) is 13.1 Å². The van der Waals surface area contributed by atoms with E-state index < -0.39 is 5.60 Å². The van der Waals surface area contributed by atoms with E-state index in [4.69, 9.17) is 5.26 Å². The van der Waals surface area contributed by atoms with Crippen LogP contribution in [0.3, 0.4) is 0 Å². The molecule has 1 amide bonds. The largest absolute Gasteiger partial charge is 0.389 e. The summed E-state index contributed by atoms with van der Waals surface area (Å²) in [7, 11) is 0. The molecule has 5 heteroatoms. The fourth-order valence-corrected chi connectivity index (χ4v) is 0.802. The third-order valence-corrected chi connectivity index (χ3v) is 1.40. The van der Waals surface area contributed by atoms with Crippen LogP contribution in [0.2, 0.25) is 0 Å². The second-order valence-corrected chi connectivity index (χ2v) is 3.67. The average molecular weight is 199 g/mol. The van der Waals surface area contributed by atoms with Crippen LogP contribution in [0.1, 0.15) is 20.3 Å². The Morgan fingerprint density at radius 2 is 2.21 bits per heavy atom. The summed E-state index contributed by atoms with van der Waals surface area (Å²) in [6.07, 6.45) is 0.317. The highest BCUT2D eigenvalue weighted by Crippen LogP contribution is 1.96. The summed E-state index contributed by atoms with van der Waals surface area (Å²) in [6, 6.07) is 1.93. The van der Waals surface area contributed by atoms with Gasteiger partial charge in [-0.25, -0.2) is 0 Å². The summed E-state index contributed by atoms with van der Waals surface area (Å²) >= 11 is 0. The zero-order chi connectivity index (χ0) is 11.0. The van der Waals surface area contributed by atoms with E-state index in [2.05, 4.69) is 10.6 Å². The lowest BCUT2D eigenvalue weighted by Gasteiger charge is -2.17. The smallest absolute Gasteiger partial charge is 0.233 e. The Hall–Kier alpha value is -1.12. The van der Waals surface area contributed by atoms with Crippen molar-refractivity contribution in [3.63, 3.8) is 0 Å². The van der Waals surface area contributed by atoms with Gasteiger partial charge in [0.15, 0.2) is 0 Å². The van der Waals surface area contributed by atoms with E-state index in [1.54, 1.807) is 13.8 Å². The maximum absolute atomic E-state index is 11.0.